The molecule has 226 valence electrons. The number of hydrogen-bond donors (Lipinski definition) is 1. The van der Waals surface area contributed by atoms with Gasteiger partial charge in [-0.3, -0.25) is 13.9 Å². The molecule has 1 atom stereocenters. The molecular weight excluding hydrogens is 553 g/mol. The molecule has 0 aliphatic rings. The van der Waals surface area contributed by atoms with Crippen molar-refractivity contribution in [3.63, 3.8) is 0 Å². The van der Waals surface area contributed by atoms with Crippen molar-refractivity contribution < 1.29 is 22.4 Å². The summed E-state index contributed by atoms with van der Waals surface area (Å²) < 4.78 is 41.5. The maximum absolute atomic E-state index is 14.8. The number of rotatable bonds is 15. The Hall–Kier alpha value is -3.72. The van der Waals surface area contributed by atoms with E-state index in [2.05, 4.69) is 5.32 Å². The molecule has 0 spiro atoms. The van der Waals surface area contributed by atoms with Crippen molar-refractivity contribution in [2.75, 3.05) is 23.7 Å². The summed E-state index contributed by atoms with van der Waals surface area (Å²) in [5, 5.41) is 2.95. The van der Waals surface area contributed by atoms with Crippen LogP contribution >= 0.6 is 0 Å². The second-order valence-electron chi connectivity index (χ2n) is 10.7. The number of anilines is 1. The van der Waals surface area contributed by atoms with Crippen molar-refractivity contribution in [3.8, 4) is 0 Å². The Morgan fingerprint density at radius 3 is 2.19 bits per heavy atom. The second-order valence-corrected chi connectivity index (χ2v) is 12.7. The summed E-state index contributed by atoms with van der Waals surface area (Å²) in [6.45, 7) is 6.31. The molecule has 0 radical (unpaired) electrons. The Labute approximate surface area is 249 Å². The van der Waals surface area contributed by atoms with Gasteiger partial charge in [-0.15, -0.1) is 0 Å². The summed E-state index contributed by atoms with van der Waals surface area (Å²) in [6.07, 6.45) is 3.31. The van der Waals surface area contributed by atoms with Crippen LogP contribution in [-0.4, -0.2) is 50.5 Å². The highest BCUT2D eigenvalue weighted by Crippen LogP contribution is 2.23. The number of nitrogens with one attached hydrogen (secondary N) is 1. The fourth-order valence-corrected chi connectivity index (χ4v) is 5.92. The lowest BCUT2D eigenvalue weighted by molar-refractivity contribution is -0.141. The lowest BCUT2D eigenvalue weighted by atomic mass is 10.0. The number of aryl methyl sites for hydroxylation is 2. The smallest absolute Gasteiger partial charge is 0.243 e. The van der Waals surface area contributed by atoms with E-state index < -0.39 is 21.9 Å². The number of amides is 2. The molecular formula is C33H42FN3O4S. The fourth-order valence-electron chi connectivity index (χ4n) is 4.97. The van der Waals surface area contributed by atoms with Gasteiger partial charge in [0.1, 0.15) is 11.9 Å². The van der Waals surface area contributed by atoms with Crippen molar-refractivity contribution in [2.24, 2.45) is 0 Å². The van der Waals surface area contributed by atoms with Crippen LogP contribution in [-0.2, 0) is 32.6 Å². The third kappa shape index (κ3) is 9.69. The molecule has 3 aromatic rings. The maximum atomic E-state index is 14.8. The first-order chi connectivity index (χ1) is 20.0. The normalized spacial score (nSPS) is 12.0. The number of halogens is 1. The van der Waals surface area contributed by atoms with Crippen molar-refractivity contribution in [2.45, 2.75) is 65.5 Å². The van der Waals surface area contributed by atoms with E-state index in [-0.39, 0.29) is 44.2 Å². The van der Waals surface area contributed by atoms with Crippen LogP contribution < -0.4 is 9.62 Å². The Balaban J connectivity index is 1.89. The lowest BCUT2D eigenvalue weighted by Gasteiger charge is -2.32. The van der Waals surface area contributed by atoms with E-state index in [4.69, 9.17) is 0 Å². The Morgan fingerprint density at radius 1 is 0.929 bits per heavy atom. The van der Waals surface area contributed by atoms with E-state index in [0.29, 0.717) is 17.8 Å². The summed E-state index contributed by atoms with van der Waals surface area (Å²) in [4.78, 5) is 28.8. The third-order valence-corrected chi connectivity index (χ3v) is 8.24. The zero-order valence-corrected chi connectivity index (χ0v) is 25.8. The van der Waals surface area contributed by atoms with Crippen LogP contribution in [0.1, 0.15) is 54.9 Å². The van der Waals surface area contributed by atoms with Crippen LogP contribution in [0.3, 0.4) is 0 Å². The van der Waals surface area contributed by atoms with Crippen LogP contribution in [0, 0.1) is 19.7 Å². The molecule has 0 aliphatic carbocycles. The zero-order chi connectivity index (χ0) is 30.7. The quantitative estimate of drug-likeness (QED) is 0.234. The Morgan fingerprint density at radius 2 is 1.57 bits per heavy atom. The zero-order valence-electron chi connectivity index (χ0n) is 25.0. The molecule has 2 amide bonds. The summed E-state index contributed by atoms with van der Waals surface area (Å²) in [7, 11) is -3.61. The van der Waals surface area contributed by atoms with Gasteiger partial charge in [0.2, 0.25) is 21.8 Å². The Bertz CT molecular complexity index is 1430. The van der Waals surface area contributed by atoms with Crippen LogP contribution in [0.5, 0.6) is 0 Å². The highest BCUT2D eigenvalue weighted by molar-refractivity contribution is 7.92. The largest absolute Gasteiger partial charge is 0.354 e. The first-order valence-electron chi connectivity index (χ1n) is 14.4. The number of carbonyl (C=O) groups is 2. The van der Waals surface area contributed by atoms with Crippen LogP contribution in [0.4, 0.5) is 10.1 Å². The van der Waals surface area contributed by atoms with Crippen LogP contribution in [0.25, 0.3) is 0 Å². The molecule has 7 nitrogen and oxygen atoms in total. The number of carbonyl (C=O) groups excluding carboxylic acids is 2. The molecule has 0 heterocycles. The molecule has 9 heteroatoms. The van der Waals surface area contributed by atoms with E-state index in [0.717, 1.165) is 35.8 Å². The molecule has 42 heavy (non-hydrogen) atoms. The summed E-state index contributed by atoms with van der Waals surface area (Å²) in [5.74, 6) is -1.11. The van der Waals surface area contributed by atoms with Gasteiger partial charge >= 0.3 is 0 Å². The summed E-state index contributed by atoms with van der Waals surface area (Å²) in [6, 6.07) is 20.3. The molecule has 0 unspecified atom stereocenters. The highest BCUT2D eigenvalue weighted by Gasteiger charge is 2.31. The first-order valence-corrected chi connectivity index (χ1v) is 16.2. The van der Waals surface area contributed by atoms with Gasteiger partial charge in [0.15, 0.2) is 0 Å². The van der Waals surface area contributed by atoms with Gasteiger partial charge < -0.3 is 10.2 Å². The summed E-state index contributed by atoms with van der Waals surface area (Å²) >= 11 is 0. The van der Waals surface area contributed by atoms with Gasteiger partial charge in [0.25, 0.3) is 0 Å². The minimum Gasteiger partial charge on any atom is -0.354 e. The maximum Gasteiger partial charge on any atom is 0.243 e. The molecule has 0 saturated carbocycles. The number of hydrogen-bond acceptors (Lipinski definition) is 4. The number of sulfonamides is 1. The first kappa shape index (κ1) is 32.8. The fraction of sp³-hybridized carbons (Fsp3) is 0.394. The molecule has 0 saturated heterocycles. The standard InChI is InChI=1S/C33H42FN3O4S/c1-5-6-18-35-33(39)31(23-27-13-8-7-9-14-27)36(24-28-15-10-11-16-30(28)34)32(38)17-12-19-37(42(4,40)41)29-21-25(2)20-26(3)22-29/h7-11,13-16,20-22,31H,5-6,12,17-19,23-24H2,1-4H3,(H,35,39)/t31-/m1/s1. The van der Waals surface area contributed by atoms with Gasteiger partial charge in [0, 0.05) is 38.0 Å². The highest BCUT2D eigenvalue weighted by atomic mass is 32.2. The SMILES string of the molecule is CCCCNC(=O)[C@@H](Cc1ccccc1)N(Cc1ccccc1F)C(=O)CCCN(c1cc(C)cc(C)c1)S(C)(=O)=O. The number of benzene rings is 3. The van der Waals surface area contributed by atoms with Crippen molar-refractivity contribution in [3.05, 3.63) is 101 Å². The molecule has 3 aromatic carbocycles. The molecule has 0 aliphatic heterocycles. The monoisotopic (exact) mass is 595 g/mol. The molecule has 3 rings (SSSR count). The average molecular weight is 596 g/mol. The van der Waals surface area contributed by atoms with Gasteiger partial charge in [-0.2, -0.15) is 0 Å². The van der Waals surface area contributed by atoms with Gasteiger partial charge in [-0.05, 0) is 61.6 Å². The van der Waals surface area contributed by atoms with Crippen molar-refractivity contribution in [1.82, 2.24) is 10.2 Å². The minimum atomic E-state index is -3.61. The number of nitrogens with zero attached hydrogens (tertiary/aromatic N) is 2. The van der Waals surface area contributed by atoms with E-state index in [1.165, 1.54) is 15.3 Å². The van der Waals surface area contributed by atoms with Gasteiger partial charge in [-0.25, -0.2) is 12.8 Å². The van der Waals surface area contributed by atoms with Crippen LogP contribution in [0.2, 0.25) is 0 Å². The van der Waals surface area contributed by atoms with Crippen LogP contribution in [0.15, 0.2) is 72.8 Å². The van der Waals surface area contributed by atoms with Gasteiger partial charge in [0.05, 0.1) is 11.9 Å². The Kier molecular flexibility index (Phi) is 12.1. The van der Waals surface area contributed by atoms with Gasteiger partial charge in [-0.1, -0.05) is 67.9 Å². The number of unbranched alkanes of at least 4 members (excludes halogenated alkanes) is 1. The van der Waals surface area contributed by atoms with E-state index in [1.54, 1.807) is 30.3 Å². The predicted molar refractivity (Wildman–Crippen MR) is 166 cm³/mol. The predicted octanol–water partition coefficient (Wildman–Crippen LogP) is 5.55. The summed E-state index contributed by atoms with van der Waals surface area (Å²) in [5.41, 5.74) is 3.59. The minimum absolute atomic E-state index is 0.0151. The van der Waals surface area contributed by atoms with E-state index >= 15 is 0 Å². The van der Waals surface area contributed by atoms with E-state index in [1.807, 2.05) is 57.2 Å². The molecule has 1 N–H and O–H groups in total. The second kappa shape index (κ2) is 15.5. The molecule has 0 aromatic heterocycles. The molecule has 0 fully saturated rings. The third-order valence-electron chi connectivity index (χ3n) is 7.05. The lowest BCUT2D eigenvalue weighted by Crippen LogP contribution is -2.50. The molecule has 0 bridgehead atoms. The average Bonchev–Trinajstić information content (AvgIpc) is 2.93. The van der Waals surface area contributed by atoms with Crippen molar-refractivity contribution in [1.29, 1.82) is 0 Å². The van der Waals surface area contributed by atoms with E-state index in [9.17, 15) is 22.4 Å². The van der Waals surface area contributed by atoms with Crippen molar-refractivity contribution >= 4 is 27.5 Å². The topological polar surface area (TPSA) is 86.8 Å².